The first-order valence-electron chi connectivity index (χ1n) is 11.4. The van der Waals surface area contributed by atoms with E-state index in [0.29, 0.717) is 47.3 Å². The number of benzene rings is 3. The fourth-order valence-corrected chi connectivity index (χ4v) is 3.05. The Morgan fingerprint density at radius 3 is 2.14 bits per heavy atom. The van der Waals surface area contributed by atoms with Crippen LogP contribution in [-0.4, -0.2) is 44.3 Å². The van der Waals surface area contributed by atoms with E-state index in [1.54, 1.807) is 73.7 Å². The van der Waals surface area contributed by atoms with Crippen molar-refractivity contribution in [3.05, 3.63) is 77.9 Å². The summed E-state index contributed by atoms with van der Waals surface area (Å²) in [5.41, 5.74) is 3.50. The van der Waals surface area contributed by atoms with E-state index in [1.807, 2.05) is 6.92 Å². The van der Waals surface area contributed by atoms with Gasteiger partial charge in [-0.2, -0.15) is 5.10 Å². The summed E-state index contributed by atoms with van der Waals surface area (Å²) in [6, 6.07) is 17.9. The van der Waals surface area contributed by atoms with Crippen LogP contribution in [0.15, 0.2) is 71.8 Å². The summed E-state index contributed by atoms with van der Waals surface area (Å²) in [6.45, 7) is 4.51. The Balaban J connectivity index is 1.59. The minimum absolute atomic E-state index is 0.221. The van der Waals surface area contributed by atoms with Crippen molar-refractivity contribution < 1.29 is 33.3 Å². The highest BCUT2D eigenvalue weighted by atomic mass is 16.6. The molecule has 0 aromatic heterocycles. The predicted octanol–water partition coefficient (Wildman–Crippen LogP) is 3.80. The molecule has 0 saturated carbocycles. The van der Waals surface area contributed by atoms with Gasteiger partial charge in [0, 0.05) is 5.69 Å². The van der Waals surface area contributed by atoms with Crippen LogP contribution in [0.4, 0.5) is 5.69 Å². The van der Waals surface area contributed by atoms with Crippen molar-refractivity contribution >= 4 is 29.7 Å². The highest BCUT2D eigenvalue weighted by Gasteiger charge is 2.15. The SMILES string of the molecule is CCOc1ccc(NC(=O)C(=O)NN=Cc2ccc(OC(=O)c3ccc(OC)cc3)c(OCC)c2)cc1. The van der Waals surface area contributed by atoms with E-state index >= 15 is 0 Å². The maximum Gasteiger partial charge on any atom is 0.343 e. The van der Waals surface area contributed by atoms with E-state index in [2.05, 4.69) is 15.8 Å². The zero-order valence-electron chi connectivity index (χ0n) is 20.6. The number of esters is 1. The molecule has 10 heteroatoms. The fourth-order valence-electron chi connectivity index (χ4n) is 3.05. The Morgan fingerprint density at radius 2 is 1.49 bits per heavy atom. The first kappa shape index (κ1) is 26.7. The van der Waals surface area contributed by atoms with E-state index in [1.165, 1.54) is 13.3 Å². The molecule has 0 fully saturated rings. The van der Waals surface area contributed by atoms with Gasteiger partial charge in [-0.15, -0.1) is 0 Å². The normalized spacial score (nSPS) is 10.5. The predicted molar refractivity (Wildman–Crippen MR) is 138 cm³/mol. The van der Waals surface area contributed by atoms with Crippen LogP contribution < -0.4 is 29.7 Å². The molecule has 0 radical (unpaired) electrons. The summed E-state index contributed by atoms with van der Waals surface area (Å²) in [6.07, 6.45) is 1.33. The van der Waals surface area contributed by atoms with Crippen molar-refractivity contribution in [3.63, 3.8) is 0 Å². The summed E-state index contributed by atoms with van der Waals surface area (Å²) in [7, 11) is 1.54. The summed E-state index contributed by atoms with van der Waals surface area (Å²) in [5, 5.41) is 6.29. The molecule has 0 saturated heterocycles. The van der Waals surface area contributed by atoms with Crippen molar-refractivity contribution in [3.8, 4) is 23.0 Å². The fraction of sp³-hybridized carbons (Fsp3) is 0.185. The molecule has 0 bridgehead atoms. The lowest BCUT2D eigenvalue weighted by atomic mass is 10.2. The van der Waals surface area contributed by atoms with E-state index < -0.39 is 17.8 Å². The number of ether oxygens (including phenoxy) is 4. The van der Waals surface area contributed by atoms with Crippen LogP contribution in [0.25, 0.3) is 0 Å². The van der Waals surface area contributed by atoms with E-state index in [0.717, 1.165) is 0 Å². The Bertz CT molecular complexity index is 1260. The number of hydrogen-bond acceptors (Lipinski definition) is 8. The van der Waals surface area contributed by atoms with Gasteiger partial charge in [-0.25, -0.2) is 10.2 Å². The number of anilines is 1. The molecule has 37 heavy (non-hydrogen) atoms. The molecular weight excluding hydrogens is 478 g/mol. The highest BCUT2D eigenvalue weighted by molar-refractivity contribution is 6.39. The van der Waals surface area contributed by atoms with E-state index in [-0.39, 0.29) is 5.75 Å². The molecule has 0 aliphatic carbocycles. The molecular formula is C27H27N3O7. The van der Waals surface area contributed by atoms with E-state index in [4.69, 9.17) is 18.9 Å². The Morgan fingerprint density at radius 1 is 0.811 bits per heavy atom. The van der Waals surface area contributed by atoms with E-state index in [9.17, 15) is 14.4 Å². The number of hydrogen-bond donors (Lipinski definition) is 2. The molecule has 0 unspecified atom stereocenters. The minimum atomic E-state index is -0.944. The number of carbonyl (C=O) groups excluding carboxylic acids is 3. The van der Waals surface area contributed by atoms with Gasteiger partial charge in [0.15, 0.2) is 11.5 Å². The molecule has 3 rings (SSSR count). The molecule has 3 aromatic rings. The van der Waals surface area contributed by atoms with Gasteiger partial charge < -0.3 is 24.3 Å². The lowest BCUT2D eigenvalue weighted by Crippen LogP contribution is -2.32. The van der Waals surface area contributed by atoms with Crippen LogP contribution >= 0.6 is 0 Å². The third-order valence-corrected chi connectivity index (χ3v) is 4.81. The zero-order chi connectivity index (χ0) is 26.6. The van der Waals surface area contributed by atoms with Gasteiger partial charge in [0.2, 0.25) is 0 Å². The molecule has 2 amide bonds. The molecule has 10 nitrogen and oxygen atoms in total. The molecule has 0 atom stereocenters. The maximum atomic E-state index is 12.5. The number of nitrogens with one attached hydrogen (secondary N) is 2. The average Bonchev–Trinajstić information content (AvgIpc) is 2.91. The van der Waals surface area contributed by atoms with Gasteiger partial charge in [-0.1, -0.05) is 0 Å². The number of rotatable bonds is 10. The van der Waals surface area contributed by atoms with Gasteiger partial charge >= 0.3 is 17.8 Å². The van der Waals surface area contributed by atoms with Crippen LogP contribution in [0.2, 0.25) is 0 Å². The second-order valence-electron chi connectivity index (χ2n) is 7.37. The second-order valence-corrected chi connectivity index (χ2v) is 7.37. The van der Waals surface area contributed by atoms with Gasteiger partial charge in [0.05, 0.1) is 32.1 Å². The Hall–Kier alpha value is -4.86. The molecule has 0 aliphatic rings. The second kappa shape index (κ2) is 13.3. The molecule has 2 N–H and O–H groups in total. The third kappa shape index (κ3) is 7.82. The largest absolute Gasteiger partial charge is 0.497 e. The highest BCUT2D eigenvalue weighted by Crippen LogP contribution is 2.29. The first-order chi connectivity index (χ1) is 17.9. The third-order valence-electron chi connectivity index (χ3n) is 4.81. The molecule has 0 heterocycles. The average molecular weight is 506 g/mol. The number of methoxy groups -OCH3 is 1. The summed E-state index contributed by atoms with van der Waals surface area (Å²) in [4.78, 5) is 36.7. The maximum absolute atomic E-state index is 12.5. The standard InChI is InChI=1S/C27H27N3O7/c1-4-35-22-13-9-20(10-14-22)29-25(31)26(32)30-28-17-18-6-15-23(24(16-18)36-5-2)37-27(33)19-7-11-21(34-3)12-8-19/h6-17H,4-5H2,1-3H3,(H,29,31)(H,30,32). The molecule has 0 aliphatic heterocycles. The van der Waals surface area contributed by atoms with Gasteiger partial charge in [0.1, 0.15) is 11.5 Å². The first-order valence-corrected chi connectivity index (χ1v) is 11.4. The Labute approximate surface area is 214 Å². The van der Waals surface area contributed by atoms with Crippen LogP contribution in [0.5, 0.6) is 23.0 Å². The van der Waals surface area contributed by atoms with Crippen molar-refractivity contribution in [2.75, 3.05) is 25.6 Å². The van der Waals surface area contributed by atoms with Crippen molar-refractivity contribution in [1.82, 2.24) is 5.43 Å². The lowest BCUT2D eigenvalue weighted by molar-refractivity contribution is -0.136. The minimum Gasteiger partial charge on any atom is -0.497 e. The summed E-state index contributed by atoms with van der Waals surface area (Å²) in [5.74, 6) is -0.571. The quantitative estimate of drug-likeness (QED) is 0.141. The van der Waals surface area contributed by atoms with Crippen LogP contribution in [0.3, 0.4) is 0 Å². The number of amides is 2. The van der Waals surface area contributed by atoms with Crippen LogP contribution in [0, 0.1) is 0 Å². The van der Waals surface area contributed by atoms with Gasteiger partial charge in [-0.3, -0.25) is 9.59 Å². The molecule has 192 valence electrons. The molecule has 3 aromatic carbocycles. The van der Waals surface area contributed by atoms with Crippen molar-refractivity contribution in [2.24, 2.45) is 5.10 Å². The topological polar surface area (TPSA) is 125 Å². The van der Waals surface area contributed by atoms with Crippen LogP contribution in [0.1, 0.15) is 29.8 Å². The summed E-state index contributed by atoms with van der Waals surface area (Å²) < 4.78 is 21.5. The molecule has 0 spiro atoms. The smallest absolute Gasteiger partial charge is 0.343 e. The number of hydrazone groups is 1. The summed E-state index contributed by atoms with van der Waals surface area (Å²) >= 11 is 0. The number of carbonyl (C=O) groups is 3. The van der Waals surface area contributed by atoms with Crippen molar-refractivity contribution in [1.29, 1.82) is 0 Å². The van der Waals surface area contributed by atoms with Gasteiger partial charge in [-0.05, 0) is 86.1 Å². The lowest BCUT2D eigenvalue weighted by Gasteiger charge is -2.11. The van der Waals surface area contributed by atoms with Crippen molar-refractivity contribution in [2.45, 2.75) is 13.8 Å². The number of nitrogens with zero attached hydrogens (tertiary/aromatic N) is 1. The van der Waals surface area contributed by atoms with Crippen LogP contribution in [-0.2, 0) is 9.59 Å². The monoisotopic (exact) mass is 505 g/mol. The Kier molecular flexibility index (Phi) is 9.60. The zero-order valence-corrected chi connectivity index (χ0v) is 20.6. The van der Waals surface area contributed by atoms with Gasteiger partial charge in [0.25, 0.3) is 0 Å².